The number of pyridine rings is 1. The Hall–Kier alpha value is -3.48. The molecule has 3 aromatic heterocycles. The van der Waals surface area contributed by atoms with E-state index in [9.17, 15) is 4.79 Å². The van der Waals surface area contributed by atoms with Crippen molar-refractivity contribution in [1.29, 1.82) is 0 Å². The van der Waals surface area contributed by atoms with E-state index < -0.39 is 0 Å². The van der Waals surface area contributed by atoms with Gasteiger partial charge in [-0.1, -0.05) is 30.3 Å². The van der Waals surface area contributed by atoms with E-state index in [0.717, 1.165) is 22.3 Å². The van der Waals surface area contributed by atoms with Gasteiger partial charge in [-0.05, 0) is 26.0 Å². The molecule has 0 aliphatic rings. The molecule has 130 valence electrons. The number of benzene rings is 1. The first kappa shape index (κ1) is 16.0. The first-order valence-corrected chi connectivity index (χ1v) is 8.37. The third-order valence-electron chi connectivity index (χ3n) is 4.07. The number of aromatic nitrogens is 5. The summed E-state index contributed by atoms with van der Waals surface area (Å²) in [5.74, 6) is -0.267. The summed E-state index contributed by atoms with van der Waals surface area (Å²) in [6.45, 7) is 4.10. The Kier molecular flexibility index (Phi) is 3.96. The van der Waals surface area contributed by atoms with Crippen molar-refractivity contribution < 1.29 is 4.79 Å². The van der Waals surface area contributed by atoms with Gasteiger partial charge in [0.1, 0.15) is 5.69 Å². The zero-order valence-corrected chi connectivity index (χ0v) is 14.5. The fraction of sp³-hybridized carbons (Fsp3) is 0.158. The highest BCUT2D eigenvalue weighted by Crippen LogP contribution is 2.20. The van der Waals surface area contributed by atoms with Crippen LogP contribution in [0.25, 0.3) is 22.3 Å². The largest absolute Gasteiger partial charge is 0.319 e. The Morgan fingerprint density at radius 3 is 2.73 bits per heavy atom. The predicted molar refractivity (Wildman–Crippen MR) is 99.9 cm³/mol. The minimum atomic E-state index is -0.267. The second-order valence-corrected chi connectivity index (χ2v) is 6.31. The lowest BCUT2D eigenvalue weighted by atomic mass is 10.1. The van der Waals surface area contributed by atoms with Gasteiger partial charge in [0.2, 0.25) is 0 Å². The summed E-state index contributed by atoms with van der Waals surface area (Å²) in [7, 11) is 0. The zero-order chi connectivity index (χ0) is 18.1. The Labute approximate surface area is 150 Å². The molecular weight excluding hydrogens is 328 g/mol. The second-order valence-electron chi connectivity index (χ2n) is 6.31. The van der Waals surface area contributed by atoms with Gasteiger partial charge in [0.15, 0.2) is 5.65 Å². The monoisotopic (exact) mass is 346 g/mol. The van der Waals surface area contributed by atoms with Gasteiger partial charge in [-0.15, -0.1) is 0 Å². The number of nitrogens with one attached hydrogen (secondary N) is 2. The van der Waals surface area contributed by atoms with Crippen LogP contribution in [0.4, 0.5) is 5.69 Å². The number of nitrogens with zero attached hydrogens (tertiary/aromatic N) is 4. The first-order chi connectivity index (χ1) is 12.6. The number of aromatic amines is 1. The smallest absolute Gasteiger partial charge is 0.273 e. The van der Waals surface area contributed by atoms with Crippen molar-refractivity contribution in [3.05, 3.63) is 60.6 Å². The van der Waals surface area contributed by atoms with Crippen LogP contribution < -0.4 is 5.32 Å². The van der Waals surface area contributed by atoms with Gasteiger partial charge in [-0.2, -0.15) is 10.2 Å². The summed E-state index contributed by atoms with van der Waals surface area (Å²) in [5.41, 5.74) is 3.48. The summed E-state index contributed by atoms with van der Waals surface area (Å²) in [6.07, 6.45) is 3.39. The van der Waals surface area contributed by atoms with Crippen LogP contribution in [-0.4, -0.2) is 30.9 Å². The molecule has 0 bridgehead atoms. The Morgan fingerprint density at radius 2 is 1.96 bits per heavy atom. The Morgan fingerprint density at radius 1 is 1.15 bits per heavy atom. The van der Waals surface area contributed by atoms with Crippen molar-refractivity contribution in [1.82, 2.24) is 25.0 Å². The molecule has 1 aromatic carbocycles. The van der Waals surface area contributed by atoms with Gasteiger partial charge in [0, 0.05) is 17.0 Å². The van der Waals surface area contributed by atoms with Crippen LogP contribution in [0, 0.1) is 0 Å². The minimum Gasteiger partial charge on any atom is -0.319 e. The molecule has 7 heteroatoms. The molecule has 2 N–H and O–H groups in total. The number of carbonyl (C=O) groups excluding carboxylic acids is 1. The van der Waals surface area contributed by atoms with Gasteiger partial charge in [0.05, 0.1) is 23.8 Å². The average Bonchev–Trinajstić information content (AvgIpc) is 3.29. The normalized spacial score (nSPS) is 11.2. The lowest BCUT2D eigenvalue weighted by Gasteiger charge is -2.07. The molecule has 1 amide bonds. The molecule has 26 heavy (non-hydrogen) atoms. The quantitative estimate of drug-likeness (QED) is 0.590. The van der Waals surface area contributed by atoms with E-state index in [1.54, 1.807) is 18.5 Å². The molecule has 3 heterocycles. The molecule has 0 unspecified atom stereocenters. The third-order valence-corrected chi connectivity index (χ3v) is 4.07. The van der Waals surface area contributed by atoms with Crippen molar-refractivity contribution in [2.45, 2.75) is 19.9 Å². The third kappa shape index (κ3) is 2.95. The summed E-state index contributed by atoms with van der Waals surface area (Å²) < 4.78 is 1.85. The fourth-order valence-corrected chi connectivity index (χ4v) is 2.78. The Bertz CT molecular complexity index is 1060. The van der Waals surface area contributed by atoms with Crippen LogP contribution in [-0.2, 0) is 0 Å². The van der Waals surface area contributed by atoms with Gasteiger partial charge in [0.25, 0.3) is 5.91 Å². The Balaban J connectivity index is 1.55. The second kappa shape index (κ2) is 6.44. The van der Waals surface area contributed by atoms with Crippen molar-refractivity contribution in [3.63, 3.8) is 0 Å². The number of carbonyl (C=O) groups is 1. The molecule has 7 nitrogen and oxygen atoms in total. The van der Waals surface area contributed by atoms with Crippen molar-refractivity contribution in [3.8, 4) is 11.3 Å². The molecule has 4 rings (SSSR count). The van der Waals surface area contributed by atoms with E-state index in [1.165, 1.54) is 0 Å². The summed E-state index contributed by atoms with van der Waals surface area (Å²) in [5, 5.41) is 15.0. The first-order valence-electron chi connectivity index (χ1n) is 8.37. The standard InChI is InChI=1S/C19H18N6O/c1-12(2)25-18-14(10-21-25)8-15(11-20-18)22-19(26)17-9-16(23-24-17)13-6-4-3-5-7-13/h3-12H,1-2H3,(H,22,26)(H,23,24). The van der Waals surface area contributed by atoms with Crippen molar-refractivity contribution in [2.75, 3.05) is 5.32 Å². The molecule has 0 fully saturated rings. The highest BCUT2D eigenvalue weighted by molar-refractivity contribution is 6.04. The molecule has 4 aromatic rings. The molecule has 0 aliphatic heterocycles. The van der Waals surface area contributed by atoms with Crippen LogP contribution in [0.5, 0.6) is 0 Å². The number of amides is 1. The fourth-order valence-electron chi connectivity index (χ4n) is 2.78. The lowest BCUT2D eigenvalue weighted by molar-refractivity contribution is 0.102. The van der Waals surface area contributed by atoms with Gasteiger partial charge in [-0.25, -0.2) is 9.67 Å². The average molecular weight is 346 g/mol. The highest BCUT2D eigenvalue weighted by atomic mass is 16.1. The van der Waals surface area contributed by atoms with Gasteiger partial charge < -0.3 is 5.32 Å². The molecule has 0 atom stereocenters. The van der Waals surface area contributed by atoms with Crippen LogP contribution in [0.1, 0.15) is 30.4 Å². The molecule has 0 saturated heterocycles. The van der Waals surface area contributed by atoms with E-state index in [4.69, 9.17) is 0 Å². The van der Waals surface area contributed by atoms with E-state index in [0.29, 0.717) is 11.4 Å². The summed E-state index contributed by atoms with van der Waals surface area (Å²) >= 11 is 0. The number of hydrogen-bond donors (Lipinski definition) is 2. The number of H-pyrrole nitrogens is 1. The van der Waals surface area contributed by atoms with Crippen molar-refractivity contribution >= 4 is 22.6 Å². The van der Waals surface area contributed by atoms with E-state index in [-0.39, 0.29) is 11.9 Å². The number of fused-ring (bicyclic) bond motifs is 1. The topological polar surface area (TPSA) is 88.5 Å². The minimum absolute atomic E-state index is 0.224. The van der Waals surface area contributed by atoms with Gasteiger partial charge >= 0.3 is 0 Å². The maximum Gasteiger partial charge on any atom is 0.273 e. The van der Waals surface area contributed by atoms with Crippen LogP contribution in [0.3, 0.4) is 0 Å². The number of rotatable bonds is 4. The molecule has 0 spiro atoms. The summed E-state index contributed by atoms with van der Waals surface area (Å²) in [6, 6.07) is 13.5. The number of anilines is 1. The lowest BCUT2D eigenvalue weighted by Crippen LogP contribution is -2.12. The van der Waals surface area contributed by atoms with E-state index >= 15 is 0 Å². The van der Waals surface area contributed by atoms with E-state index in [1.807, 2.05) is 54.9 Å². The van der Waals surface area contributed by atoms with Crippen molar-refractivity contribution in [2.24, 2.45) is 0 Å². The maximum absolute atomic E-state index is 12.5. The SMILES string of the molecule is CC(C)n1ncc2cc(NC(=O)c3cc(-c4ccccc4)n[nH]3)cnc21. The zero-order valence-electron chi connectivity index (χ0n) is 14.5. The summed E-state index contributed by atoms with van der Waals surface area (Å²) in [4.78, 5) is 16.9. The van der Waals surface area contributed by atoms with Crippen LogP contribution in [0.2, 0.25) is 0 Å². The molecule has 0 saturated carbocycles. The molecule has 0 radical (unpaired) electrons. The highest BCUT2D eigenvalue weighted by Gasteiger charge is 2.13. The van der Waals surface area contributed by atoms with Crippen LogP contribution >= 0.6 is 0 Å². The van der Waals surface area contributed by atoms with Crippen LogP contribution in [0.15, 0.2) is 54.9 Å². The van der Waals surface area contributed by atoms with Gasteiger partial charge in [-0.3, -0.25) is 9.89 Å². The number of hydrogen-bond acceptors (Lipinski definition) is 4. The maximum atomic E-state index is 12.5. The molecule has 0 aliphatic carbocycles. The van der Waals surface area contributed by atoms with E-state index in [2.05, 4.69) is 25.6 Å². The molecular formula is C19H18N6O. The predicted octanol–water partition coefficient (Wildman–Crippen LogP) is 3.65.